The summed E-state index contributed by atoms with van der Waals surface area (Å²) >= 11 is 0. The van der Waals surface area contributed by atoms with Crippen molar-refractivity contribution < 1.29 is 28.5 Å². The second kappa shape index (κ2) is 9.42. The molecule has 3 rings (SSSR count). The molecule has 31 heavy (non-hydrogen) atoms. The number of hydrogen-bond acceptors (Lipinski definition) is 7. The predicted octanol–water partition coefficient (Wildman–Crippen LogP) is 3.32. The van der Waals surface area contributed by atoms with E-state index in [9.17, 15) is 9.59 Å². The second-order valence-corrected chi connectivity index (χ2v) is 6.78. The number of methoxy groups -OCH3 is 4. The van der Waals surface area contributed by atoms with E-state index >= 15 is 0 Å². The van der Waals surface area contributed by atoms with Gasteiger partial charge >= 0.3 is 0 Å². The van der Waals surface area contributed by atoms with Crippen LogP contribution in [-0.4, -0.2) is 51.7 Å². The first-order chi connectivity index (χ1) is 15.0. The highest BCUT2D eigenvalue weighted by atomic mass is 16.5. The van der Waals surface area contributed by atoms with E-state index < -0.39 is 0 Å². The highest BCUT2D eigenvalue weighted by Gasteiger charge is 2.39. The van der Waals surface area contributed by atoms with Gasteiger partial charge in [-0.3, -0.25) is 14.5 Å². The van der Waals surface area contributed by atoms with Gasteiger partial charge in [0.05, 0.1) is 34.0 Å². The Balaban J connectivity index is 2.10. The van der Waals surface area contributed by atoms with Gasteiger partial charge in [0.1, 0.15) is 5.70 Å². The molecule has 1 heterocycles. The van der Waals surface area contributed by atoms with Crippen molar-refractivity contribution >= 4 is 23.1 Å². The largest absolute Gasteiger partial charge is 0.493 e. The van der Waals surface area contributed by atoms with Crippen LogP contribution in [0.15, 0.2) is 42.1 Å². The molecule has 0 bridgehead atoms. The Hall–Kier alpha value is -3.68. The third-order valence-corrected chi connectivity index (χ3v) is 4.94. The van der Waals surface area contributed by atoms with Crippen LogP contribution in [0.1, 0.15) is 18.9 Å². The van der Waals surface area contributed by atoms with Crippen molar-refractivity contribution in [2.45, 2.75) is 13.3 Å². The highest BCUT2D eigenvalue weighted by Crippen LogP contribution is 2.37. The summed E-state index contributed by atoms with van der Waals surface area (Å²) in [5.74, 6) is 1.32. The molecule has 1 aliphatic heterocycles. The van der Waals surface area contributed by atoms with Crippen molar-refractivity contribution in [1.29, 1.82) is 0 Å². The molecule has 1 N–H and O–H groups in total. The zero-order valence-corrected chi connectivity index (χ0v) is 18.3. The number of carbonyl (C=O) groups excluding carboxylic acids is 2. The van der Waals surface area contributed by atoms with Gasteiger partial charge in [0.15, 0.2) is 23.0 Å². The topological polar surface area (TPSA) is 86.3 Å². The summed E-state index contributed by atoms with van der Waals surface area (Å²) in [4.78, 5) is 27.5. The van der Waals surface area contributed by atoms with Crippen molar-refractivity contribution in [2.75, 3.05) is 40.3 Å². The number of hydrogen-bond donors (Lipinski definition) is 1. The smallest absolute Gasteiger partial charge is 0.278 e. The Morgan fingerprint density at radius 3 is 1.94 bits per heavy atom. The van der Waals surface area contributed by atoms with Crippen LogP contribution in [0.4, 0.5) is 5.69 Å². The summed E-state index contributed by atoms with van der Waals surface area (Å²) < 4.78 is 21.3. The van der Waals surface area contributed by atoms with Crippen LogP contribution < -0.4 is 24.3 Å². The number of carbonyl (C=O) groups is 2. The highest BCUT2D eigenvalue weighted by molar-refractivity contribution is 6.36. The van der Waals surface area contributed by atoms with Gasteiger partial charge in [0.25, 0.3) is 11.8 Å². The predicted molar refractivity (Wildman–Crippen MR) is 117 cm³/mol. The van der Waals surface area contributed by atoms with Crippen molar-refractivity contribution in [3.63, 3.8) is 0 Å². The van der Waals surface area contributed by atoms with E-state index in [4.69, 9.17) is 18.9 Å². The number of rotatable bonds is 9. The van der Waals surface area contributed by atoms with Crippen LogP contribution in [0.2, 0.25) is 0 Å². The van der Waals surface area contributed by atoms with Gasteiger partial charge in [0.2, 0.25) is 0 Å². The van der Waals surface area contributed by atoms with Gasteiger partial charge in [-0.15, -0.1) is 0 Å². The summed E-state index contributed by atoms with van der Waals surface area (Å²) in [6.45, 7) is 2.24. The lowest BCUT2D eigenvalue weighted by molar-refractivity contribution is -0.136. The monoisotopic (exact) mass is 426 g/mol. The van der Waals surface area contributed by atoms with Crippen molar-refractivity contribution in [3.8, 4) is 23.0 Å². The molecule has 2 aromatic rings. The third kappa shape index (κ3) is 4.14. The molecule has 0 unspecified atom stereocenters. The summed E-state index contributed by atoms with van der Waals surface area (Å²) in [5.41, 5.74) is 1.61. The van der Waals surface area contributed by atoms with Crippen LogP contribution in [0.5, 0.6) is 23.0 Å². The number of ether oxygens (including phenoxy) is 4. The molecule has 8 nitrogen and oxygen atoms in total. The van der Waals surface area contributed by atoms with Gasteiger partial charge in [0, 0.05) is 18.3 Å². The van der Waals surface area contributed by atoms with Gasteiger partial charge in [-0.25, -0.2) is 0 Å². The number of amides is 2. The molecule has 1 aliphatic rings. The first-order valence-corrected chi connectivity index (χ1v) is 9.80. The van der Waals surface area contributed by atoms with E-state index in [0.717, 1.165) is 0 Å². The Morgan fingerprint density at radius 1 is 0.774 bits per heavy atom. The summed E-state index contributed by atoms with van der Waals surface area (Å²) in [7, 11) is 6.13. The van der Waals surface area contributed by atoms with Crippen LogP contribution >= 0.6 is 0 Å². The molecule has 0 saturated carbocycles. The Labute approximate surface area is 181 Å². The molecule has 0 aromatic heterocycles. The SMILES string of the molecule is CCCN1C(=O)C(Nc2ccc(OC)c(OC)c2)=C(c2ccc(OC)c(OC)c2)C1=O. The summed E-state index contributed by atoms with van der Waals surface area (Å²) in [6, 6.07) is 10.3. The van der Waals surface area contributed by atoms with Crippen molar-refractivity contribution in [2.24, 2.45) is 0 Å². The van der Waals surface area contributed by atoms with Crippen LogP contribution in [0.3, 0.4) is 0 Å². The van der Waals surface area contributed by atoms with Crippen LogP contribution in [0.25, 0.3) is 5.57 Å². The maximum Gasteiger partial charge on any atom is 0.278 e. The molecule has 164 valence electrons. The molecule has 0 fully saturated rings. The molecule has 2 aromatic carbocycles. The molecule has 0 radical (unpaired) electrons. The summed E-state index contributed by atoms with van der Waals surface area (Å²) in [5, 5.41) is 3.11. The van der Waals surface area contributed by atoms with E-state index in [1.54, 1.807) is 43.5 Å². The number of imide groups is 1. The normalized spacial score (nSPS) is 13.5. The average molecular weight is 426 g/mol. The van der Waals surface area contributed by atoms with E-state index in [-0.39, 0.29) is 23.1 Å². The number of benzene rings is 2. The molecular weight excluding hydrogens is 400 g/mol. The Kier molecular flexibility index (Phi) is 6.69. The minimum atomic E-state index is -0.383. The van der Waals surface area contributed by atoms with Gasteiger partial charge in [-0.05, 0) is 36.2 Å². The third-order valence-electron chi connectivity index (χ3n) is 4.94. The van der Waals surface area contributed by atoms with E-state index in [1.807, 2.05) is 6.92 Å². The second-order valence-electron chi connectivity index (χ2n) is 6.78. The minimum Gasteiger partial charge on any atom is -0.493 e. The molecular formula is C23H26N2O6. The molecule has 2 amide bonds. The fourth-order valence-electron chi connectivity index (χ4n) is 3.44. The number of anilines is 1. The molecule has 0 saturated heterocycles. The lowest BCUT2D eigenvalue weighted by atomic mass is 10.0. The lowest BCUT2D eigenvalue weighted by Crippen LogP contribution is -2.33. The van der Waals surface area contributed by atoms with Gasteiger partial charge in [-0.1, -0.05) is 13.0 Å². The van der Waals surface area contributed by atoms with Crippen molar-refractivity contribution in [3.05, 3.63) is 47.7 Å². The van der Waals surface area contributed by atoms with Crippen LogP contribution in [-0.2, 0) is 9.59 Å². The van der Waals surface area contributed by atoms with Crippen LogP contribution in [0, 0.1) is 0 Å². The fourth-order valence-corrected chi connectivity index (χ4v) is 3.44. The maximum absolute atomic E-state index is 13.2. The minimum absolute atomic E-state index is 0.192. The van der Waals surface area contributed by atoms with E-state index in [2.05, 4.69) is 5.32 Å². The fraction of sp³-hybridized carbons (Fsp3) is 0.304. The molecule has 8 heteroatoms. The molecule has 0 aliphatic carbocycles. The Bertz CT molecular complexity index is 1030. The summed E-state index contributed by atoms with van der Waals surface area (Å²) in [6.07, 6.45) is 0.653. The number of nitrogens with one attached hydrogen (secondary N) is 1. The maximum atomic E-state index is 13.2. The first kappa shape index (κ1) is 22.0. The number of nitrogens with zero attached hydrogens (tertiary/aromatic N) is 1. The lowest BCUT2D eigenvalue weighted by Gasteiger charge is -2.14. The standard InChI is InChI=1S/C23H26N2O6/c1-6-11-25-22(26)20(14-7-9-16(28-2)18(12-14)30-4)21(23(25)27)24-15-8-10-17(29-3)19(13-15)31-5/h7-10,12-13,24H,6,11H2,1-5H3. The van der Waals surface area contributed by atoms with Crippen molar-refractivity contribution in [1.82, 2.24) is 4.90 Å². The van der Waals surface area contributed by atoms with Gasteiger partial charge in [-0.2, -0.15) is 0 Å². The molecule has 0 spiro atoms. The zero-order valence-electron chi connectivity index (χ0n) is 18.3. The zero-order chi connectivity index (χ0) is 22.5. The average Bonchev–Trinajstić information content (AvgIpc) is 3.02. The van der Waals surface area contributed by atoms with E-state index in [0.29, 0.717) is 47.2 Å². The van der Waals surface area contributed by atoms with E-state index in [1.165, 1.54) is 26.2 Å². The Morgan fingerprint density at radius 2 is 1.35 bits per heavy atom. The van der Waals surface area contributed by atoms with Gasteiger partial charge < -0.3 is 24.3 Å². The quantitative estimate of drug-likeness (QED) is 0.616. The first-order valence-electron chi connectivity index (χ1n) is 9.80. The molecule has 0 atom stereocenters.